The number of carbonyl (C=O) groups excluding carboxylic acids is 1. The minimum Gasteiger partial charge on any atom is -0.496 e. The maximum Gasteiger partial charge on any atom is 0.334 e. The number of benzene rings is 1. The highest BCUT2D eigenvalue weighted by Gasteiger charge is 2.29. The molecule has 0 aliphatic carbocycles. The van der Waals surface area contributed by atoms with Crippen molar-refractivity contribution >= 4 is 11.9 Å². The van der Waals surface area contributed by atoms with Crippen molar-refractivity contribution in [1.29, 1.82) is 0 Å². The molecule has 0 bridgehead atoms. The van der Waals surface area contributed by atoms with Crippen LogP contribution in [0.4, 0.5) is 0 Å². The molecule has 0 radical (unpaired) electrons. The van der Waals surface area contributed by atoms with Crippen LogP contribution in [0.1, 0.15) is 18.9 Å². The summed E-state index contributed by atoms with van der Waals surface area (Å²) in [5.74, 6) is -0.0828. The van der Waals surface area contributed by atoms with Crippen LogP contribution in [0, 0.1) is 5.92 Å². The minimum absolute atomic E-state index is 0.0260. The van der Waals surface area contributed by atoms with Crippen LogP contribution in [0.15, 0.2) is 24.3 Å². The lowest BCUT2D eigenvalue weighted by molar-refractivity contribution is -0.159. The molecule has 1 fully saturated rings. The fraction of sp³-hybridized carbons (Fsp3) is 0.529. The number of nitrogens with zero attached hydrogens (tertiary/aromatic N) is 1. The standard InChI is InChI=1S/C17H23NO5/c1-12(9-13-5-3-4-6-14(13)22-2)10-16(19)18-7-8-23-15(11-18)17(20)21/h3-6,12,15H,7-11H2,1-2H3,(H,20,21)/t12-,15+/m0/s1. The molecule has 2 atom stereocenters. The van der Waals surface area contributed by atoms with Crippen molar-refractivity contribution in [2.45, 2.75) is 25.9 Å². The van der Waals surface area contributed by atoms with Gasteiger partial charge < -0.3 is 19.5 Å². The predicted molar refractivity (Wildman–Crippen MR) is 84.4 cm³/mol. The molecule has 1 N–H and O–H groups in total. The Morgan fingerprint density at radius 1 is 1.43 bits per heavy atom. The molecular formula is C17H23NO5. The Morgan fingerprint density at radius 2 is 2.17 bits per heavy atom. The third-order valence-corrected chi connectivity index (χ3v) is 3.98. The van der Waals surface area contributed by atoms with Crippen molar-refractivity contribution in [2.75, 3.05) is 26.8 Å². The van der Waals surface area contributed by atoms with Crippen molar-refractivity contribution in [2.24, 2.45) is 5.92 Å². The molecule has 1 aromatic carbocycles. The SMILES string of the molecule is COc1ccccc1C[C@H](C)CC(=O)N1CCO[C@@H](C(=O)O)C1. The second kappa shape index (κ2) is 7.97. The number of methoxy groups -OCH3 is 1. The van der Waals surface area contributed by atoms with Crippen LogP contribution in [-0.2, 0) is 20.7 Å². The number of rotatable bonds is 6. The van der Waals surface area contributed by atoms with Gasteiger partial charge in [0, 0.05) is 13.0 Å². The molecule has 23 heavy (non-hydrogen) atoms. The molecule has 0 unspecified atom stereocenters. The summed E-state index contributed by atoms with van der Waals surface area (Å²) in [6.07, 6.45) is 0.199. The normalized spacial score (nSPS) is 19.2. The number of carboxylic acid groups (broad SMARTS) is 1. The summed E-state index contributed by atoms with van der Waals surface area (Å²) in [7, 11) is 1.63. The predicted octanol–water partition coefficient (Wildman–Crippen LogP) is 1.58. The zero-order valence-electron chi connectivity index (χ0n) is 13.5. The summed E-state index contributed by atoms with van der Waals surface area (Å²) in [4.78, 5) is 24.9. The highest BCUT2D eigenvalue weighted by atomic mass is 16.5. The number of carboxylic acids is 1. The largest absolute Gasteiger partial charge is 0.496 e. The van der Waals surface area contributed by atoms with Gasteiger partial charge in [0.05, 0.1) is 20.3 Å². The van der Waals surface area contributed by atoms with E-state index in [0.29, 0.717) is 13.0 Å². The highest BCUT2D eigenvalue weighted by molar-refractivity contribution is 5.78. The van der Waals surface area contributed by atoms with Gasteiger partial charge in [-0.1, -0.05) is 25.1 Å². The molecule has 1 saturated heterocycles. The minimum atomic E-state index is -1.02. The fourth-order valence-electron chi connectivity index (χ4n) is 2.77. The van der Waals surface area contributed by atoms with E-state index in [9.17, 15) is 9.59 Å². The van der Waals surface area contributed by atoms with Crippen LogP contribution in [0.25, 0.3) is 0 Å². The lowest BCUT2D eigenvalue weighted by atomic mass is 9.96. The van der Waals surface area contributed by atoms with Gasteiger partial charge in [0.2, 0.25) is 5.91 Å². The molecule has 126 valence electrons. The van der Waals surface area contributed by atoms with Crippen LogP contribution in [0.2, 0.25) is 0 Å². The van der Waals surface area contributed by atoms with E-state index in [0.717, 1.165) is 17.7 Å². The third-order valence-electron chi connectivity index (χ3n) is 3.98. The van der Waals surface area contributed by atoms with Crippen molar-refractivity contribution in [3.05, 3.63) is 29.8 Å². The molecule has 0 aromatic heterocycles. The van der Waals surface area contributed by atoms with Gasteiger partial charge in [0.25, 0.3) is 0 Å². The lowest BCUT2D eigenvalue weighted by Gasteiger charge is -2.31. The zero-order valence-corrected chi connectivity index (χ0v) is 13.5. The molecule has 1 aromatic rings. The van der Waals surface area contributed by atoms with Gasteiger partial charge in [-0.2, -0.15) is 0 Å². The van der Waals surface area contributed by atoms with E-state index in [1.165, 1.54) is 0 Å². The topological polar surface area (TPSA) is 76.1 Å². The number of para-hydroxylation sites is 1. The summed E-state index contributed by atoms with van der Waals surface area (Å²) in [6.45, 7) is 2.85. The maximum atomic E-state index is 12.4. The average Bonchev–Trinajstić information content (AvgIpc) is 2.55. The molecule has 1 heterocycles. The average molecular weight is 321 g/mol. The first-order chi connectivity index (χ1) is 11.0. The van der Waals surface area contributed by atoms with Crippen LogP contribution < -0.4 is 4.74 Å². The quantitative estimate of drug-likeness (QED) is 0.861. The Labute approximate surface area is 136 Å². The van der Waals surface area contributed by atoms with E-state index in [-0.39, 0.29) is 25.0 Å². The molecule has 6 heteroatoms. The Hall–Kier alpha value is -2.08. The van der Waals surface area contributed by atoms with Gasteiger partial charge in [-0.25, -0.2) is 4.79 Å². The first-order valence-electron chi connectivity index (χ1n) is 7.75. The number of carbonyl (C=O) groups is 2. The first-order valence-corrected chi connectivity index (χ1v) is 7.75. The summed E-state index contributed by atoms with van der Waals surface area (Å²) >= 11 is 0. The van der Waals surface area contributed by atoms with Crippen LogP contribution in [0.5, 0.6) is 5.75 Å². The molecule has 1 amide bonds. The second-order valence-electron chi connectivity index (χ2n) is 5.86. The summed E-state index contributed by atoms with van der Waals surface area (Å²) in [5, 5.41) is 9.00. The lowest BCUT2D eigenvalue weighted by Crippen LogP contribution is -2.48. The van der Waals surface area contributed by atoms with Gasteiger partial charge in [-0.15, -0.1) is 0 Å². The fourth-order valence-corrected chi connectivity index (χ4v) is 2.77. The first kappa shape index (κ1) is 17.3. The van der Waals surface area contributed by atoms with E-state index in [1.807, 2.05) is 31.2 Å². The smallest absolute Gasteiger partial charge is 0.334 e. The summed E-state index contributed by atoms with van der Waals surface area (Å²) < 4.78 is 10.5. The number of morpholine rings is 1. The molecular weight excluding hydrogens is 298 g/mol. The van der Waals surface area contributed by atoms with Crippen LogP contribution in [-0.4, -0.2) is 54.8 Å². The van der Waals surface area contributed by atoms with Crippen molar-refractivity contribution in [3.63, 3.8) is 0 Å². The number of aliphatic carboxylic acids is 1. The van der Waals surface area contributed by atoms with Gasteiger partial charge in [-0.05, 0) is 24.0 Å². The van der Waals surface area contributed by atoms with Gasteiger partial charge >= 0.3 is 5.97 Å². The molecule has 6 nitrogen and oxygen atoms in total. The summed E-state index contributed by atoms with van der Waals surface area (Å²) in [6, 6.07) is 7.77. The van der Waals surface area contributed by atoms with E-state index in [4.69, 9.17) is 14.6 Å². The van der Waals surface area contributed by atoms with E-state index in [1.54, 1.807) is 12.0 Å². The summed E-state index contributed by atoms with van der Waals surface area (Å²) in [5.41, 5.74) is 1.07. The van der Waals surface area contributed by atoms with E-state index >= 15 is 0 Å². The monoisotopic (exact) mass is 321 g/mol. The van der Waals surface area contributed by atoms with E-state index < -0.39 is 12.1 Å². The number of hydrogen-bond donors (Lipinski definition) is 1. The molecule has 1 aliphatic heterocycles. The number of ether oxygens (including phenoxy) is 2. The van der Waals surface area contributed by atoms with Crippen molar-refractivity contribution < 1.29 is 24.2 Å². The second-order valence-corrected chi connectivity index (χ2v) is 5.86. The Balaban J connectivity index is 1.90. The van der Waals surface area contributed by atoms with E-state index in [2.05, 4.69) is 0 Å². The Morgan fingerprint density at radius 3 is 2.87 bits per heavy atom. The zero-order chi connectivity index (χ0) is 16.8. The highest BCUT2D eigenvalue weighted by Crippen LogP contribution is 2.22. The van der Waals surface area contributed by atoms with Crippen LogP contribution >= 0.6 is 0 Å². The number of amides is 1. The Kier molecular flexibility index (Phi) is 5.98. The van der Waals surface area contributed by atoms with Gasteiger partial charge in [-0.3, -0.25) is 4.79 Å². The maximum absolute atomic E-state index is 12.4. The molecule has 0 saturated carbocycles. The van der Waals surface area contributed by atoms with Gasteiger partial charge in [0.1, 0.15) is 5.75 Å². The Bertz CT molecular complexity index is 560. The molecule has 0 spiro atoms. The molecule has 2 rings (SSSR count). The molecule has 1 aliphatic rings. The van der Waals surface area contributed by atoms with Crippen molar-refractivity contribution in [3.8, 4) is 5.75 Å². The van der Waals surface area contributed by atoms with Crippen LogP contribution in [0.3, 0.4) is 0 Å². The van der Waals surface area contributed by atoms with Crippen molar-refractivity contribution in [1.82, 2.24) is 4.90 Å². The number of hydrogen-bond acceptors (Lipinski definition) is 4. The third kappa shape index (κ3) is 4.69. The van der Waals surface area contributed by atoms with Gasteiger partial charge in [0.15, 0.2) is 6.10 Å².